The maximum atomic E-state index is 13.9. The van der Waals surface area contributed by atoms with Crippen molar-refractivity contribution in [2.45, 2.75) is 42.3 Å². The van der Waals surface area contributed by atoms with Crippen molar-refractivity contribution in [1.29, 1.82) is 0 Å². The summed E-state index contributed by atoms with van der Waals surface area (Å²) in [4.78, 5) is 25.8. The second-order valence-corrected chi connectivity index (χ2v) is 11.9. The number of rotatable bonds is 11. The minimum Gasteiger partial charge on any atom is -0.465 e. The molecule has 2 amide bonds. The molecule has 4 atom stereocenters. The predicted molar refractivity (Wildman–Crippen MR) is 178 cm³/mol. The van der Waals surface area contributed by atoms with Crippen LogP contribution in [0.15, 0.2) is 109 Å². The van der Waals surface area contributed by atoms with Gasteiger partial charge in [-0.1, -0.05) is 103 Å². The van der Waals surface area contributed by atoms with Crippen LogP contribution in [0.4, 0.5) is 10.5 Å². The van der Waals surface area contributed by atoms with Crippen molar-refractivity contribution in [2.75, 3.05) is 18.4 Å². The molecule has 1 fully saturated rings. The fraction of sp³-hybridized carbons (Fsp3) is 0.257. The van der Waals surface area contributed by atoms with Crippen molar-refractivity contribution < 1.29 is 19.4 Å². The van der Waals surface area contributed by atoms with Gasteiger partial charge < -0.3 is 25.8 Å². The number of morpholine rings is 1. The lowest BCUT2D eigenvalue weighted by molar-refractivity contribution is -0.118. The third-order valence-corrected chi connectivity index (χ3v) is 8.75. The van der Waals surface area contributed by atoms with E-state index >= 15 is 0 Å². The molecule has 44 heavy (non-hydrogen) atoms. The van der Waals surface area contributed by atoms with Crippen LogP contribution in [0, 0.1) is 0 Å². The van der Waals surface area contributed by atoms with Gasteiger partial charge >= 0.3 is 6.09 Å². The maximum Gasteiger partial charge on any atom is 0.405 e. The van der Waals surface area contributed by atoms with Gasteiger partial charge in [-0.3, -0.25) is 4.79 Å². The number of anilines is 1. The standard InChI is InChI=1S/C35H36ClN3O4S/c36-27-18-15-26(16-19-27)33(44)30-22-37-21-28(43-30)20-17-23-9-7-8-14-29(23)38-34(40)32(39-35(41)42)31(24-10-3-1-4-11-24)25-12-5-2-6-13-25/h1-16,18-19,28,30-33,37,39,44H,17,20-22H2,(H,38,40)(H,41,42)/t28?,30-,32-,33?/m0/s1. The number of carboxylic acid groups (broad SMARTS) is 1. The van der Waals surface area contributed by atoms with Gasteiger partial charge in [-0.25, -0.2) is 4.79 Å². The molecule has 0 radical (unpaired) electrons. The van der Waals surface area contributed by atoms with Crippen molar-refractivity contribution in [3.63, 3.8) is 0 Å². The average Bonchev–Trinajstić information content (AvgIpc) is 3.05. The molecule has 0 bridgehead atoms. The van der Waals surface area contributed by atoms with E-state index in [1.54, 1.807) is 0 Å². The quantitative estimate of drug-likeness (QED) is 0.119. The molecule has 228 valence electrons. The molecule has 1 aliphatic heterocycles. The van der Waals surface area contributed by atoms with Crippen molar-refractivity contribution in [2.24, 2.45) is 0 Å². The number of halogens is 1. The largest absolute Gasteiger partial charge is 0.465 e. The van der Waals surface area contributed by atoms with Gasteiger partial charge in [0.15, 0.2) is 0 Å². The summed E-state index contributed by atoms with van der Waals surface area (Å²) in [7, 11) is 0. The van der Waals surface area contributed by atoms with Crippen molar-refractivity contribution in [1.82, 2.24) is 10.6 Å². The zero-order valence-corrected chi connectivity index (χ0v) is 25.8. The monoisotopic (exact) mass is 629 g/mol. The molecular formula is C35H36ClN3O4S. The van der Waals surface area contributed by atoms with Crippen LogP contribution in [0.3, 0.4) is 0 Å². The van der Waals surface area contributed by atoms with Gasteiger partial charge in [0.1, 0.15) is 6.04 Å². The fourth-order valence-corrected chi connectivity index (χ4v) is 6.15. The van der Waals surface area contributed by atoms with Gasteiger partial charge in [-0.2, -0.15) is 12.6 Å². The fourth-order valence-electron chi connectivity index (χ4n) is 5.68. The lowest BCUT2D eigenvalue weighted by Crippen LogP contribution is -2.47. The van der Waals surface area contributed by atoms with Crippen LogP contribution >= 0.6 is 24.2 Å². The second kappa shape index (κ2) is 15.3. The average molecular weight is 630 g/mol. The van der Waals surface area contributed by atoms with E-state index in [0.29, 0.717) is 30.2 Å². The number of para-hydroxylation sites is 1. The molecule has 4 N–H and O–H groups in total. The molecule has 0 aliphatic carbocycles. The third kappa shape index (κ3) is 8.21. The Morgan fingerprint density at radius 2 is 1.48 bits per heavy atom. The summed E-state index contributed by atoms with van der Waals surface area (Å²) in [6.07, 6.45) is -0.0329. The second-order valence-electron chi connectivity index (χ2n) is 10.9. The highest BCUT2D eigenvalue weighted by Crippen LogP contribution is 2.31. The zero-order valence-electron chi connectivity index (χ0n) is 24.1. The van der Waals surface area contributed by atoms with Crippen molar-refractivity contribution >= 4 is 41.9 Å². The van der Waals surface area contributed by atoms with Crippen LogP contribution in [-0.4, -0.2) is 48.4 Å². The summed E-state index contributed by atoms with van der Waals surface area (Å²) in [5.74, 6) is -0.969. The minimum absolute atomic E-state index is 0.0403. The van der Waals surface area contributed by atoms with Crippen LogP contribution in [0.25, 0.3) is 0 Å². The number of aryl methyl sites for hydroxylation is 1. The maximum absolute atomic E-state index is 13.9. The molecule has 1 heterocycles. The van der Waals surface area contributed by atoms with Gasteiger partial charge in [0.25, 0.3) is 0 Å². The lowest BCUT2D eigenvalue weighted by atomic mass is 9.84. The number of amides is 2. The van der Waals surface area contributed by atoms with Gasteiger partial charge in [-0.15, -0.1) is 0 Å². The Morgan fingerprint density at radius 1 is 0.864 bits per heavy atom. The first-order chi connectivity index (χ1) is 21.4. The molecule has 7 nitrogen and oxygen atoms in total. The first kappa shape index (κ1) is 31.6. The van der Waals surface area contributed by atoms with E-state index in [9.17, 15) is 14.7 Å². The van der Waals surface area contributed by atoms with Gasteiger partial charge in [0, 0.05) is 29.7 Å². The highest BCUT2D eigenvalue weighted by atomic mass is 35.5. The van der Waals surface area contributed by atoms with Crippen LogP contribution in [0.5, 0.6) is 0 Å². The first-order valence-corrected chi connectivity index (χ1v) is 15.6. The van der Waals surface area contributed by atoms with Crippen LogP contribution < -0.4 is 16.0 Å². The van der Waals surface area contributed by atoms with E-state index in [1.165, 1.54) is 0 Å². The van der Waals surface area contributed by atoms with Gasteiger partial charge in [0.05, 0.1) is 17.5 Å². The number of ether oxygens (including phenoxy) is 1. The number of carbonyl (C=O) groups is 2. The van der Waals surface area contributed by atoms with E-state index in [4.69, 9.17) is 29.0 Å². The molecule has 2 unspecified atom stereocenters. The highest BCUT2D eigenvalue weighted by Gasteiger charge is 2.33. The van der Waals surface area contributed by atoms with E-state index < -0.39 is 24.0 Å². The molecular weight excluding hydrogens is 594 g/mol. The predicted octanol–water partition coefficient (Wildman–Crippen LogP) is 6.71. The highest BCUT2D eigenvalue weighted by molar-refractivity contribution is 7.80. The first-order valence-electron chi connectivity index (χ1n) is 14.7. The molecule has 0 saturated carbocycles. The Morgan fingerprint density at radius 3 is 2.11 bits per heavy atom. The summed E-state index contributed by atoms with van der Waals surface area (Å²) < 4.78 is 6.45. The Hall–Kier alpha value is -3.82. The summed E-state index contributed by atoms with van der Waals surface area (Å²) in [6.45, 7) is 1.41. The third-order valence-electron chi connectivity index (χ3n) is 7.87. The number of nitrogens with one attached hydrogen (secondary N) is 3. The summed E-state index contributed by atoms with van der Waals surface area (Å²) in [5, 5.41) is 19.3. The molecule has 5 rings (SSSR count). The summed E-state index contributed by atoms with van der Waals surface area (Å²) in [6, 6.07) is 33.1. The normalized spacial score (nSPS) is 17.9. The van der Waals surface area contributed by atoms with E-state index in [0.717, 1.165) is 28.7 Å². The minimum atomic E-state index is -1.27. The topological polar surface area (TPSA) is 99.7 Å². The van der Waals surface area contributed by atoms with Crippen LogP contribution in [0.1, 0.15) is 39.8 Å². The number of hydrogen-bond acceptors (Lipinski definition) is 5. The number of benzene rings is 4. The molecule has 0 aromatic heterocycles. The Labute approximate surface area is 268 Å². The Kier molecular flexibility index (Phi) is 11.0. The Balaban J connectivity index is 1.30. The van der Waals surface area contributed by atoms with E-state index in [2.05, 4.69) is 16.0 Å². The molecule has 0 spiro atoms. The molecule has 1 aliphatic rings. The van der Waals surface area contributed by atoms with Crippen molar-refractivity contribution in [3.05, 3.63) is 136 Å². The zero-order chi connectivity index (χ0) is 30.9. The molecule has 4 aromatic carbocycles. The number of thiol groups is 1. The van der Waals surface area contributed by atoms with E-state index in [1.807, 2.05) is 109 Å². The molecule has 1 saturated heterocycles. The number of carbonyl (C=O) groups excluding carboxylic acids is 1. The Bertz CT molecular complexity index is 1480. The van der Waals surface area contributed by atoms with Gasteiger partial charge in [-0.05, 0) is 53.3 Å². The van der Waals surface area contributed by atoms with Crippen molar-refractivity contribution in [3.8, 4) is 0 Å². The lowest BCUT2D eigenvalue weighted by Gasteiger charge is -2.34. The molecule has 9 heteroatoms. The summed E-state index contributed by atoms with van der Waals surface area (Å²) >= 11 is 10.9. The molecule has 4 aromatic rings. The van der Waals surface area contributed by atoms with Gasteiger partial charge in [0.2, 0.25) is 5.91 Å². The SMILES string of the molecule is O=C(O)N[C@H](C(=O)Nc1ccccc1CCC1CNC[C@@H](C(S)c2ccc(Cl)cc2)O1)C(c1ccccc1)c1ccccc1. The van der Waals surface area contributed by atoms with E-state index in [-0.39, 0.29) is 17.5 Å². The smallest absolute Gasteiger partial charge is 0.405 e. The summed E-state index contributed by atoms with van der Waals surface area (Å²) in [5.41, 5.74) is 4.30. The van der Waals surface area contributed by atoms with Crippen LogP contribution in [0.2, 0.25) is 5.02 Å². The number of hydrogen-bond donors (Lipinski definition) is 5. The van der Waals surface area contributed by atoms with Crippen LogP contribution in [-0.2, 0) is 16.0 Å².